The quantitative estimate of drug-likeness (QED) is 0.438. The number of hydrogen-bond donors (Lipinski definition) is 0. The van der Waals surface area contributed by atoms with Gasteiger partial charge < -0.3 is 0 Å². The van der Waals surface area contributed by atoms with Gasteiger partial charge in [0.15, 0.2) is 0 Å². The van der Waals surface area contributed by atoms with E-state index in [0.29, 0.717) is 0 Å². The molecule has 0 saturated heterocycles. The van der Waals surface area contributed by atoms with Gasteiger partial charge in [-0.05, 0) is 0 Å². The third-order valence-corrected chi connectivity index (χ3v) is 1.96. The molecule has 0 aromatic rings. The fraction of sp³-hybridized carbons (Fsp3) is 0.333. The van der Waals surface area contributed by atoms with Gasteiger partial charge in [0.1, 0.15) is 0 Å². The van der Waals surface area contributed by atoms with E-state index in [1.165, 1.54) is 0 Å². The molecule has 80 valence electrons. The first-order valence-corrected chi connectivity index (χ1v) is 3.46. The highest BCUT2D eigenvalue weighted by atomic mass is 19.3. The Kier molecular flexibility index (Phi) is 2.09. The van der Waals surface area contributed by atoms with Crippen LogP contribution in [0.5, 0.6) is 0 Å². The third kappa shape index (κ3) is 1.02. The smallest absolute Gasteiger partial charge is 0.193 e. The van der Waals surface area contributed by atoms with Crippen molar-refractivity contribution in [2.45, 2.75) is 17.8 Å². The van der Waals surface area contributed by atoms with E-state index in [0.717, 1.165) is 11.8 Å². The summed E-state index contributed by atoms with van der Waals surface area (Å²) in [5.74, 6) is -13.6. The molecule has 0 saturated carbocycles. The highest BCUT2D eigenvalue weighted by molar-refractivity contribution is 5.56. The van der Waals surface area contributed by atoms with E-state index in [4.69, 9.17) is 0 Å². The molecule has 0 spiro atoms. The molecule has 0 amide bonds. The maximum Gasteiger partial charge on any atom is 0.382 e. The maximum absolute atomic E-state index is 12.8. The first-order valence-electron chi connectivity index (χ1n) is 3.46. The van der Waals surface area contributed by atoms with Crippen molar-refractivity contribution < 1.29 is 26.3 Å². The van der Waals surface area contributed by atoms with E-state index >= 15 is 0 Å². The van der Waals surface area contributed by atoms with Crippen LogP contribution in [0.15, 0.2) is 11.1 Å². The summed E-state index contributed by atoms with van der Waals surface area (Å²) in [6.07, 6.45) is 8.94. The Hall–Kier alpha value is -1.56. The molecule has 0 heterocycles. The fourth-order valence-electron chi connectivity index (χ4n) is 1.15. The summed E-state index contributed by atoms with van der Waals surface area (Å²) in [5, 5.41) is 0. The van der Waals surface area contributed by atoms with Crippen LogP contribution in [-0.2, 0) is 0 Å². The van der Waals surface area contributed by atoms with Crippen molar-refractivity contribution >= 4 is 0 Å². The third-order valence-electron chi connectivity index (χ3n) is 1.96. The average Bonchev–Trinajstić information content (AvgIpc) is 2.20. The molecule has 0 atom stereocenters. The van der Waals surface area contributed by atoms with Crippen LogP contribution >= 0.6 is 0 Å². The maximum atomic E-state index is 12.8. The van der Waals surface area contributed by atoms with Gasteiger partial charge in [-0.1, -0.05) is 11.8 Å². The molecule has 0 aliphatic heterocycles. The summed E-state index contributed by atoms with van der Waals surface area (Å²) in [7, 11) is 0. The Labute approximate surface area is 81.0 Å². The number of hydrogen-bond acceptors (Lipinski definition) is 0. The number of halogens is 6. The van der Waals surface area contributed by atoms with E-state index in [1.54, 1.807) is 0 Å². The molecule has 1 aliphatic carbocycles. The second-order valence-electron chi connectivity index (χ2n) is 2.76. The molecule has 0 aromatic heterocycles. The lowest BCUT2D eigenvalue weighted by Gasteiger charge is -2.24. The molecule has 1 rings (SSSR count). The Bertz CT molecular complexity index is 377. The van der Waals surface area contributed by atoms with Crippen molar-refractivity contribution in [1.82, 2.24) is 0 Å². The van der Waals surface area contributed by atoms with Crippen molar-refractivity contribution in [3.63, 3.8) is 0 Å². The number of rotatable bonds is 0. The first-order chi connectivity index (χ1) is 6.64. The molecule has 0 unspecified atom stereocenters. The number of alkyl halides is 6. The Morgan fingerprint density at radius 1 is 0.733 bits per heavy atom. The molecule has 15 heavy (non-hydrogen) atoms. The van der Waals surface area contributed by atoms with Gasteiger partial charge in [-0.2, -0.15) is 26.3 Å². The van der Waals surface area contributed by atoms with Gasteiger partial charge in [-0.3, -0.25) is 0 Å². The van der Waals surface area contributed by atoms with Gasteiger partial charge >= 0.3 is 17.8 Å². The molecular weight excluding hydrogens is 222 g/mol. The van der Waals surface area contributed by atoms with Gasteiger partial charge in [-0.15, -0.1) is 12.8 Å². The Morgan fingerprint density at radius 3 is 1.20 bits per heavy atom. The zero-order valence-corrected chi connectivity index (χ0v) is 6.92. The van der Waals surface area contributed by atoms with Crippen LogP contribution < -0.4 is 0 Å². The summed E-state index contributed by atoms with van der Waals surface area (Å²) in [5.41, 5.74) is -3.67. The minimum absolute atomic E-state index is 1.09. The standard InChI is InChI=1S/C9H2F6/c1-3-5-6(4-2)8(12,13)9(14,15)7(5,10)11/h1-2H. The molecule has 0 N–H and O–H groups in total. The van der Waals surface area contributed by atoms with E-state index < -0.39 is 28.9 Å². The van der Waals surface area contributed by atoms with Crippen LogP contribution in [0.1, 0.15) is 0 Å². The molecule has 0 bridgehead atoms. The predicted octanol–water partition coefficient (Wildman–Crippen LogP) is 2.47. The van der Waals surface area contributed by atoms with E-state index in [-0.39, 0.29) is 0 Å². The zero-order valence-electron chi connectivity index (χ0n) is 6.92. The predicted molar refractivity (Wildman–Crippen MR) is 39.5 cm³/mol. The van der Waals surface area contributed by atoms with Gasteiger partial charge in [0, 0.05) is 0 Å². The highest BCUT2D eigenvalue weighted by Crippen LogP contribution is 2.58. The largest absolute Gasteiger partial charge is 0.382 e. The topological polar surface area (TPSA) is 0 Å². The lowest BCUT2D eigenvalue weighted by Crippen LogP contribution is -2.49. The number of terminal acetylenes is 2. The first kappa shape index (κ1) is 11.5. The second kappa shape index (κ2) is 2.73. The van der Waals surface area contributed by atoms with Crippen LogP contribution in [0.2, 0.25) is 0 Å². The van der Waals surface area contributed by atoms with Crippen LogP contribution in [0.3, 0.4) is 0 Å². The minimum atomic E-state index is -5.59. The SMILES string of the molecule is C#CC1=C(C#C)C(F)(F)C(F)(F)C1(F)F. The fourth-order valence-corrected chi connectivity index (χ4v) is 1.15. The van der Waals surface area contributed by atoms with Gasteiger partial charge in [-0.25, -0.2) is 0 Å². The van der Waals surface area contributed by atoms with Gasteiger partial charge in [0.2, 0.25) is 0 Å². The Balaban J connectivity index is 3.62. The van der Waals surface area contributed by atoms with Gasteiger partial charge in [0.05, 0.1) is 11.1 Å². The van der Waals surface area contributed by atoms with Crippen molar-refractivity contribution in [3.8, 4) is 24.7 Å². The lowest BCUT2D eigenvalue weighted by atomic mass is 10.1. The average molecular weight is 224 g/mol. The van der Waals surface area contributed by atoms with E-state index in [1.807, 2.05) is 0 Å². The number of allylic oxidation sites excluding steroid dienone is 2. The van der Waals surface area contributed by atoms with Crippen LogP contribution in [0.25, 0.3) is 0 Å². The van der Waals surface area contributed by atoms with Crippen molar-refractivity contribution in [1.29, 1.82) is 0 Å². The molecular formula is C9H2F6. The summed E-state index contributed by atoms with van der Waals surface area (Å²) in [4.78, 5) is 0. The molecule has 6 heteroatoms. The van der Waals surface area contributed by atoms with Gasteiger partial charge in [0.25, 0.3) is 0 Å². The highest BCUT2D eigenvalue weighted by Gasteiger charge is 2.80. The molecule has 0 nitrogen and oxygen atoms in total. The molecule has 0 aromatic carbocycles. The molecule has 0 radical (unpaired) electrons. The van der Waals surface area contributed by atoms with Crippen molar-refractivity contribution in [2.24, 2.45) is 0 Å². The summed E-state index contributed by atoms with van der Waals surface area (Å²) in [6, 6.07) is 0. The normalized spacial score (nSPS) is 25.9. The monoisotopic (exact) mass is 224 g/mol. The van der Waals surface area contributed by atoms with E-state index in [9.17, 15) is 26.3 Å². The van der Waals surface area contributed by atoms with Crippen LogP contribution in [0.4, 0.5) is 26.3 Å². The summed E-state index contributed by atoms with van der Waals surface area (Å²) >= 11 is 0. The van der Waals surface area contributed by atoms with Crippen LogP contribution in [-0.4, -0.2) is 17.8 Å². The Morgan fingerprint density at radius 2 is 1.00 bits per heavy atom. The van der Waals surface area contributed by atoms with Crippen molar-refractivity contribution in [3.05, 3.63) is 11.1 Å². The molecule has 1 aliphatic rings. The zero-order chi connectivity index (χ0) is 12.1. The van der Waals surface area contributed by atoms with Crippen LogP contribution in [0, 0.1) is 24.7 Å². The van der Waals surface area contributed by atoms with Crippen molar-refractivity contribution in [2.75, 3.05) is 0 Å². The molecule has 0 fully saturated rings. The summed E-state index contributed by atoms with van der Waals surface area (Å²) < 4.78 is 76.5. The second-order valence-corrected chi connectivity index (χ2v) is 2.76. The minimum Gasteiger partial charge on any atom is -0.193 e. The van der Waals surface area contributed by atoms with E-state index in [2.05, 4.69) is 12.8 Å². The lowest BCUT2D eigenvalue weighted by molar-refractivity contribution is -0.263. The summed E-state index contributed by atoms with van der Waals surface area (Å²) in [6.45, 7) is 0.